The Kier molecular flexibility index (Phi) is 4.04. The van der Waals surface area contributed by atoms with Crippen molar-refractivity contribution in [1.29, 1.82) is 0 Å². The van der Waals surface area contributed by atoms with E-state index >= 15 is 0 Å². The number of nitrogens with zero attached hydrogens (tertiary/aromatic N) is 1. The average Bonchev–Trinajstić information content (AvgIpc) is 2.90. The van der Waals surface area contributed by atoms with E-state index in [4.69, 9.17) is 4.74 Å². The summed E-state index contributed by atoms with van der Waals surface area (Å²) in [5, 5.41) is 2.89. The molecule has 1 aromatic heterocycles. The van der Waals surface area contributed by atoms with Gasteiger partial charge in [-0.2, -0.15) is 0 Å². The molecule has 0 aliphatic rings. The fourth-order valence-corrected chi connectivity index (χ4v) is 3.74. The van der Waals surface area contributed by atoms with Crippen LogP contribution < -0.4 is 10.1 Å². The van der Waals surface area contributed by atoms with Gasteiger partial charge < -0.3 is 0 Å². The van der Waals surface area contributed by atoms with Crippen molar-refractivity contribution in [2.45, 2.75) is 6.92 Å². The molecule has 4 nitrogen and oxygen atoms in total. The molecule has 1 amide bonds. The molecule has 0 spiro atoms. The fourth-order valence-electron chi connectivity index (χ4n) is 1.98. The number of rotatable bonds is 4. The van der Waals surface area contributed by atoms with Crippen LogP contribution in [0.1, 0.15) is 17.3 Å². The molecule has 106 valence electrons. The van der Waals surface area contributed by atoms with Gasteiger partial charge in [-0.3, -0.25) is 0 Å². The number of hydrogen-bond acceptors (Lipinski definition) is 3. The Balaban J connectivity index is 1.83. The van der Waals surface area contributed by atoms with Crippen LogP contribution in [-0.2, 0) is 0 Å². The number of carbonyl (C=O) groups excluding carboxylic acids is 1. The molecule has 1 N–H and O–H groups in total. The molecule has 0 saturated heterocycles. The molecule has 0 aliphatic carbocycles. The van der Waals surface area contributed by atoms with Crippen molar-refractivity contribution >= 4 is 34.9 Å². The molecule has 0 fully saturated rings. The first-order valence-corrected chi connectivity index (χ1v) is 8.37. The van der Waals surface area contributed by atoms with Crippen LogP contribution in [0.4, 0.5) is 4.69 Å². The molecule has 21 heavy (non-hydrogen) atoms. The van der Waals surface area contributed by atoms with Gasteiger partial charge in [0.1, 0.15) is 0 Å². The van der Waals surface area contributed by atoms with Gasteiger partial charge in [0.25, 0.3) is 0 Å². The summed E-state index contributed by atoms with van der Waals surface area (Å²) in [6.07, 6.45) is 0. The first kappa shape index (κ1) is 13.9. The number of hydrogen-bond donors (Lipinski definition) is 1. The van der Waals surface area contributed by atoms with E-state index in [0.717, 1.165) is 20.2 Å². The first-order chi connectivity index (χ1) is 10.3. The maximum absolute atomic E-state index is 12.1. The van der Waals surface area contributed by atoms with Crippen LogP contribution in [0.5, 0.6) is 5.75 Å². The van der Waals surface area contributed by atoms with E-state index in [2.05, 4.69) is 10.3 Å². The molecule has 0 bridgehead atoms. The molecule has 0 atom stereocenters. The molecule has 0 unspecified atom stereocenters. The summed E-state index contributed by atoms with van der Waals surface area (Å²) in [6, 6.07) is 15.0. The Hall–Kier alpha value is -2.10. The van der Waals surface area contributed by atoms with E-state index < -0.39 is 0 Å². The third-order valence-corrected chi connectivity index (χ3v) is 4.92. The van der Waals surface area contributed by atoms with E-state index in [0.29, 0.717) is 12.2 Å². The number of ether oxygens (including phenoxy) is 1. The van der Waals surface area contributed by atoms with E-state index in [9.17, 15) is 4.79 Å². The van der Waals surface area contributed by atoms with Crippen LogP contribution >= 0.6 is 0 Å². The molecule has 2 aromatic carbocycles. The molecule has 1 heterocycles. The third-order valence-electron chi connectivity index (χ3n) is 2.93. The normalized spacial score (nSPS) is 10.5. The van der Waals surface area contributed by atoms with Crippen molar-refractivity contribution in [2.75, 3.05) is 11.9 Å². The van der Waals surface area contributed by atoms with Crippen molar-refractivity contribution in [2.24, 2.45) is 0 Å². The Labute approximate surface area is 128 Å². The molecule has 0 saturated carbocycles. The summed E-state index contributed by atoms with van der Waals surface area (Å²) >= 11 is 0.0323. The topological polar surface area (TPSA) is 51.2 Å². The number of carbonyl (C=O) groups is 1. The number of fused-ring (bicyclic) bond motifs is 1. The molecular formula is C16H14N2O2Se. The zero-order chi connectivity index (χ0) is 14.7. The van der Waals surface area contributed by atoms with Gasteiger partial charge in [0, 0.05) is 0 Å². The van der Waals surface area contributed by atoms with Crippen LogP contribution in [0.3, 0.4) is 0 Å². The van der Waals surface area contributed by atoms with Crippen molar-refractivity contribution < 1.29 is 9.53 Å². The number of anilines is 1. The molecule has 0 aliphatic heterocycles. The van der Waals surface area contributed by atoms with Gasteiger partial charge in [0.2, 0.25) is 0 Å². The molecular weight excluding hydrogens is 331 g/mol. The van der Waals surface area contributed by atoms with Gasteiger partial charge in [0.15, 0.2) is 0 Å². The van der Waals surface area contributed by atoms with Crippen molar-refractivity contribution in [3.63, 3.8) is 0 Å². The SMILES string of the molecule is CCOc1ccc2[se]c(NC(=O)c3ccccc3)nc2c1. The molecule has 3 aromatic rings. The van der Waals surface area contributed by atoms with E-state index in [-0.39, 0.29) is 20.4 Å². The molecule has 3 rings (SSSR count). The standard InChI is InChI=1S/C16H14N2O2Se/c1-2-20-12-8-9-14-13(10-12)17-16(21-14)18-15(19)11-6-4-3-5-7-11/h3-10H,2H2,1H3,(H,17,18,19). The van der Waals surface area contributed by atoms with Crippen molar-refractivity contribution in [3.8, 4) is 5.75 Å². The van der Waals surface area contributed by atoms with Gasteiger partial charge in [0.05, 0.1) is 0 Å². The second-order valence-electron chi connectivity index (χ2n) is 4.40. The van der Waals surface area contributed by atoms with Gasteiger partial charge in [-0.05, 0) is 0 Å². The predicted molar refractivity (Wildman–Crippen MR) is 84.2 cm³/mol. The number of amides is 1. The number of aromatic nitrogens is 1. The van der Waals surface area contributed by atoms with E-state index in [1.165, 1.54) is 0 Å². The zero-order valence-electron chi connectivity index (χ0n) is 11.5. The quantitative estimate of drug-likeness (QED) is 0.740. The van der Waals surface area contributed by atoms with Crippen LogP contribution in [0, 0.1) is 0 Å². The molecule has 5 heteroatoms. The Bertz CT molecular complexity index is 768. The van der Waals surface area contributed by atoms with Crippen LogP contribution in [-0.4, -0.2) is 32.0 Å². The minimum absolute atomic E-state index is 0.0323. The summed E-state index contributed by atoms with van der Waals surface area (Å²) in [7, 11) is 0. The fraction of sp³-hybridized carbons (Fsp3) is 0.125. The minimum atomic E-state index is -0.117. The Morgan fingerprint density at radius 2 is 2.05 bits per heavy atom. The van der Waals surface area contributed by atoms with Crippen molar-refractivity contribution in [1.82, 2.24) is 4.98 Å². The van der Waals surface area contributed by atoms with Crippen LogP contribution in [0.2, 0.25) is 0 Å². The Morgan fingerprint density at radius 1 is 1.24 bits per heavy atom. The summed E-state index contributed by atoms with van der Waals surface area (Å²) in [4.78, 5) is 16.6. The van der Waals surface area contributed by atoms with Crippen LogP contribution in [0.25, 0.3) is 9.78 Å². The summed E-state index contributed by atoms with van der Waals surface area (Å²) < 4.78 is 7.36. The van der Waals surface area contributed by atoms with Crippen molar-refractivity contribution in [3.05, 3.63) is 54.1 Å². The first-order valence-electron chi connectivity index (χ1n) is 6.66. The van der Waals surface area contributed by atoms with E-state index in [1.807, 2.05) is 43.3 Å². The van der Waals surface area contributed by atoms with E-state index in [1.54, 1.807) is 12.1 Å². The second kappa shape index (κ2) is 6.12. The summed E-state index contributed by atoms with van der Waals surface area (Å²) in [5.41, 5.74) is 1.53. The molecule has 0 radical (unpaired) electrons. The predicted octanol–water partition coefficient (Wildman–Crippen LogP) is 2.94. The third kappa shape index (κ3) is 3.15. The van der Waals surface area contributed by atoms with Gasteiger partial charge in [-0.15, -0.1) is 0 Å². The average molecular weight is 345 g/mol. The maximum atomic E-state index is 12.1. The second-order valence-corrected chi connectivity index (χ2v) is 6.56. The number of benzene rings is 2. The monoisotopic (exact) mass is 346 g/mol. The van der Waals surface area contributed by atoms with Gasteiger partial charge in [-0.25, -0.2) is 0 Å². The zero-order valence-corrected chi connectivity index (χ0v) is 13.2. The van der Waals surface area contributed by atoms with Gasteiger partial charge >= 0.3 is 128 Å². The number of nitrogens with one attached hydrogen (secondary N) is 1. The Morgan fingerprint density at radius 3 is 2.81 bits per heavy atom. The summed E-state index contributed by atoms with van der Waals surface area (Å²) in [6.45, 7) is 2.58. The van der Waals surface area contributed by atoms with Crippen LogP contribution in [0.15, 0.2) is 48.5 Å². The van der Waals surface area contributed by atoms with Gasteiger partial charge in [-0.1, -0.05) is 0 Å². The summed E-state index contributed by atoms with van der Waals surface area (Å²) in [5.74, 6) is 0.695.